The number of rotatable bonds is 11. The zero-order valence-corrected chi connectivity index (χ0v) is 18.5. The van der Waals surface area contributed by atoms with Crippen LogP contribution in [0.2, 0.25) is 0 Å². The average Bonchev–Trinajstić information content (AvgIpc) is 2.73. The van der Waals surface area contributed by atoms with Crippen LogP contribution in [0.5, 0.6) is 0 Å². The number of nitrogens with two attached hydrogens (primary N) is 1. The summed E-state index contributed by atoms with van der Waals surface area (Å²) in [6.07, 6.45) is 3.03. The predicted molar refractivity (Wildman–Crippen MR) is 122 cm³/mol. The maximum absolute atomic E-state index is 12.8. The second kappa shape index (κ2) is 13.6. The summed E-state index contributed by atoms with van der Waals surface area (Å²) in [6.45, 7) is 3.24. The van der Waals surface area contributed by atoms with Gasteiger partial charge in [0.1, 0.15) is 0 Å². The molecule has 0 aliphatic carbocycles. The van der Waals surface area contributed by atoms with Crippen molar-refractivity contribution in [1.82, 2.24) is 0 Å². The van der Waals surface area contributed by atoms with E-state index in [-0.39, 0.29) is 24.3 Å². The molecular weight excluding hydrogens is 404 g/mol. The summed E-state index contributed by atoms with van der Waals surface area (Å²) in [4.78, 5) is 25.7. The summed E-state index contributed by atoms with van der Waals surface area (Å²) in [6, 6.07) is 14.7. The van der Waals surface area contributed by atoms with Gasteiger partial charge in [-0.3, -0.25) is 9.59 Å². The van der Waals surface area contributed by atoms with Crippen molar-refractivity contribution in [2.75, 3.05) is 30.9 Å². The summed E-state index contributed by atoms with van der Waals surface area (Å²) in [5.41, 5.74) is 8.62. The lowest BCUT2D eigenvalue weighted by molar-refractivity contribution is -0.143. The molecule has 0 saturated carbocycles. The van der Waals surface area contributed by atoms with E-state index in [1.54, 1.807) is 36.2 Å². The Morgan fingerprint density at radius 2 is 1.70 bits per heavy atom. The minimum absolute atomic E-state index is 0. The Balaban J connectivity index is 0.00000450. The largest absolute Gasteiger partial charge is 0.466 e. The lowest BCUT2D eigenvalue weighted by atomic mass is 10.1. The molecule has 0 fully saturated rings. The van der Waals surface area contributed by atoms with Crippen molar-refractivity contribution < 1.29 is 19.1 Å². The van der Waals surface area contributed by atoms with Crippen LogP contribution in [-0.4, -0.2) is 32.1 Å². The molecule has 164 valence electrons. The molecule has 2 N–H and O–H groups in total. The highest BCUT2D eigenvalue weighted by Crippen LogP contribution is 2.23. The minimum Gasteiger partial charge on any atom is -0.466 e. The van der Waals surface area contributed by atoms with Crippen LogP contribution in [0.4, 0.5) is 11.4 Å². The van der Waals surface area contributed by atoms with Gasteiger partial charge in [0.25, 0.3) is 5.91 Å². The summed E-state index contributed by atoms with van der Waals surface area (Å²) in [7, 11) is 1.74. The highest BCUT2D eigenvalue weighted by Gasteiger charge is 2.18. The normalized spacial score (nSPS) is 10.2. The van der Waals surface area contributed by atoms with Crippen LogP contribution >= 0.6 is 12.4 Å². The fourth-order valence-corrected chi connectivity index (χ4v) is 3.01. The smallest absolute Gasteiger partial charge is 0.305 e. The molecule has 0 unspecified atom stereocenters. The number of hydrogen-bond donors (Lipinski definition) is 1. The van der Waals surface area contributed by atoms with E-state index in [1.807, 2.05) is 31.2 Å². The third-order valence-corrected chi connectivity index (χ3v) is 4.58. The van der Waals surface area contributed by atoms with Crippen LogP contribution in [0.25, 0.3) is 0 Å². The number of nitrogen functional groups attached to an aromatic ring is 1. The monoisotopic (exact) mass is 434 g/mol. The van der Waals surface area contributed by atoms with Gasteiger partial charge in [0.05, 0.1) is 18.8 Å². The second-order valence-electron chi connectivity index (χ2n) is 6.75. The fraction of sp³-hybridized carbons (Fsp3) is 0.391. The Kier molecular flexibility index (Phi) is 11.6. The molecule has 0 radical (unpaired) electrons. The predicted octanol–water partition coefficient (Wildman–Crippen LogP) is 4.61. The molecule has 0 heterocycles. The Morgan fingerprint density at radius 1 is 1.00 bits per heavy atom. The maximum atomic E-state index is 12.8. The Labute approximate surface area is 184 Å². The van der Waals surface area contributed by atoms with Gasteiger partial charge in [0.2, 0.25) is 0 Å². The third-order valence-electron chi connectivity index (χ3n) is 4.58. The number of benzene rings is 2. The first kappa shape index (κ1) is 25.5. The molecule has 0 atom stereocenters. The lowest BCUT2D eigenvalue weighted by Gasteiger charge is -2.21. The van der Waals surface area contributed by atoms with Crippen molar-refractivity contribution in [2.24, 2.45) is 0 Å². The van der Waals surface area contributed by atoms with Gasteiger partial charge < -0.3 is 20.1 Å². The Morgan fingerprint density at radius 3 is 2.43 bits per heavy atom. The zero-order chi connectivity index (χ0) is 21.1. The van der Waals surface area contributed by atoms with E-state index in [0.29, 0.717) is 37.5 Å². The molecule has 7 heteroatoms. The van der Waals surface area contributed by atoms with E-state index in [0.717, 1.165) is 30.5 Å². The fourth-order valence-electron chi connectivity index (χ4n) is 3.01. The van der Waals surface area contributed by atoms with Gasteiger partial charge in [-0.05, 0) is 38.0 Å². The summed E-state index contributed by atoms with van der Waals surface area (Å²) >= 11 is 0. The standard InChI is InChI=1S/C23H30N2O4.ClH/c1-3-29-22(26)15-5-4-10-16-28-17-18-11-6-9-14-21(18)25(2)23(27)19-12-7-8-13-20(19)24;/h6-9,11-14H,3-5,10,15-17,24H2,1-2H3;1H. The van der Waals surface area contributed by atoms with Gasteiger partial charge >= 0.3 is 5.97 Å². The topological polar surface area (TPSA) is 81.9 Å². The van der Waals surface area contributed by atoms with Gasteiger partial charge in [0.15, 0.2) is 0 Å². The first-order valence-corrected chi connectivity index (χ1v) is 9.98. The van der Waals surface area contributed by atoms with E-state index >= 15 is 0 Å². The van der Waals surface area contributed by atoms with Crippen LogP contribution in [0.3, 0.4) is 0 Å². The Bertz CT molecular complexity index is 813. The number of unbranched alkanes of at least 4 members (excludes halogenated alkanes) is 2. The van der Waals surface area contributed by atoms with Crippen molar-refractivity contribution in [3.63, 3.8) is 0 Å². The summed E-state index contributed by atoms with van der Waals surface area (Å²) in [5.74, 6) is -0.302. The SMILES string of the molecule is CCOC(=O)CCCCCOCc1ccccc1N(C)C(=O)c1ccccc1N.Cl. The highest BCUT2D eigenvalue weighted by atomic mass is 35.5. The van der Waals surface area contributed by atoms with E-state index in [2.05, 4.69) is 0 Å². The van der Waals surface area contributed by atoms with E-state index in [9.17, 15) is 9.59 Å². The first-order valence-electron chi connectivity index (χ1n) is 9.98. The molecular formula is C23H31ClN2O4. The molecule has 1 amide bonds. The molecule has 2 aromatic rings. The molecule has 0 aliphatic heterocycles. The van der Waals surface area contributed by atoms with Gasteiger partial charge in [-0.2, -0.15) is 0 Å². The third kappa shape index (κ3) is 7.69. The average molecular weight is 435 g/mol. The molecule has 30 heavy (non-hydrogen) atoms. The highest BCUT2D eigenvalue weighted by molar-refractivity contribution is 6.09. The molecule has 0 saturated heterocycles. The van der Waals surface area contributed by atoms with Gasteiger partial charge in [-0.1, -0.05) is 36.8 Å². The number of nitrogens with zero attached hydrogens (tertiary/aromatic N) is 1. The van der Waals surface area contributed by atoms with Crippen LogP contribution < -0.4 is 10.6 Å². The van der Waals surface area contributed by atoms with Crippen molar-refractivity contribution in [3.8, 4) is 0 Å². The number of carbonyl (C=O) groups is 2. The van der Waals surface area contributed by atoms with Gasteiger partial charge in [-0.15, -0.1) is 12.4 Å². The number of esters is 1. The number of anilines is 2. The number of ether oxygens (including phenoxy) is 2. The van der Waals surface area contributed by atoms with E-state index in [4.69, 9.17) is 15.2 Å². The van der Waals surface area contributed by atoms with Gasteiger partial charge in [0, 0.05) is 37.0 Å². The van der Waals surface area contributed by atoms with Crippen molar-refractivity contribution in [1.29, 1.82) is 0 Å². The Hall–Kier alpha value is -2.57. The number of hydrogen-bond acceptors (Lipinski definition) is 5. The van der Waals surface area contributed by atoms with Crippen LogP contribution in [-0.2, 0) is 20.9 Å². The lowest BCUT2D eigenvalue weighted by Crippen LogP contribution is -2.28. The van der Waals surface area contributed by atoms with Crippen LogP contribution in [0, 0.1) is 0 Å². The minimum atomic E-state index is -0.158. The molecule has 6 nitrogen and oxygen atoms in total. The summed E-state index contributed by atoms with van der Waals surface area (Å²) in [5, 5.41) is 0. The summed E-state index contributed by atoms with van der Waals surface area (Å²) < 4.78 is 10.7. The van der Waals surface area contributed by atoms with Gasteiger partial charge in [-0.25, -0.2) is 0 Å². The van der Waals surface area contributed by atoms with Crippen molar-refractivity contribution >= 4 is 35.7 Å². The second-order valence-corrected chi connectivity index (χ2v) is 6.75. The number of halogens is 1. The zero-order valence-electron chi connectivity index (χ0n) is 17.6. The number of carbonyl (C=O) groups excluding carboxylic acids is 2. The van der Waals surface area contributed by atoms with Crippen molar-refractivity contribution in [2.45, 2.75) is 39.2 Å². The van der Waals surface area contributed by atoms with E-state index in [1.165, 1.54) is 0 Å². The van der Waals surface area contributed by atoms with Crippen LogP contribution in [0.1, 0.15) is 48.5 Å². The maximum Gasteiger partial charge on any atom is 0.305 e. The number of para-hydroxylation sites is 2. The molecule has 0 aliphatic rings. The first-order chi connectivity index (χ1) is 14.0. The van der Waals surface area contributed by atoms with Crippen molar-refractivity contribution in [3.05, 3.63) is 59.7 Å². The molecule has 0 aromatic heterocycles. The van der Waals surface area contributed by atoms with Crippen LogP contribution in [0.15, 0.2) is 48.5 Å². The molecule has 0 bridgehead atoms. The molecule has 0 spiro atoms. The molecule has 2 rings (SSSR count). The van der Waals surface area contributed by atoms with E-state index < -0.39 is 0 Å². The molecule has 2 aromatic carbocycles. The quantitative estimate of drug-likeness (QED) is 0.317. The number of amides is 1.